The van der Waals surface area contributed by atoms with Crippen LogP contribution in [0.25, 0.3) is 10.9 Å². The fourth-order valence-corrected chi connectivity index (χ4v) is 3.46. The minimum absolute atomic E-state index is 0.275. The van der Waals surface area contributed by atoms with E-state index in [-0.39, 0.29) is 5.57 Å². The molecule has 0 spiro atoms. The molecule has 3 rings (SSSR count). The molecule has 0 saturated heterocycles. The fourth-order valence-electron chi connectivity index (χ4n) is 3.46. The Bertz CT molecular complexity index is 925. The van der Waals surface area contributed by atoms with Crippen molar-refractivity contribution >= 4 is 28.6 Å². The van der Waals surface area contributed by atoms with E-state index in [4.69, 9.17) is 4.74 Å². The Balaban J connectivity index is 2.32. The second kappa shape index (κ2) is 6.47. The number of carbonyl (C=O) groups excluding carboxylic acids is 1. The number of ether oxygens (including phenoxy) is 1. The monoisotopic (exact) mass is 338 g/mol. The maximum atomic E-state index is 12.4. The van der Waals surface area contributed by atoms with E-state index in [1.165, 1.54) is 7.11 Å². The Kier molecular flexibility index (Phi) is 4.35. The van der Waals surface area contributed by atoms with Gasteiger partial charge < -0.3 is 9.84 Å². The summed E-state index contributed by atoms with van der Waals surface area (Å²) in [7, 11) is 1.28. The molecule has 0 saturated carbocycles. The van der Waals surface area contributed by atoms with Crippen molar-refractivity contribution in [2.24, 2.45) is 10.9 Å². The molecule has 25 heavy (non-hydrogen) atoms. The number of allylic oxidation sites excluding steroid dienone is 1. The van der Waals surface area contributed by atoms with Crippen molar-refractivity contribution in [3.63, 3.8) is 0 Å². The average Bonchev–Trinajstić information content (AvgIpc) is 2.59. The lowest BCUT2D eigenvalue weighted by molar-refractivity contribution is -0.140. The Morgan fingerprint density at radius 1 is 1.16 bits per heavy atom. The highest BCUT2D eigenvalue weighted by Crippen LogP contribution is 2.41. The number of benzene rings is 1. The number of para-hydroxylation sites is 1. The van der Waals surface area contributed by atoms with Crippen molar-refractivity contribution in [2.45, 2.75) is 19.8 Å². The minimum atomic E-state index is -1.03. The summed E-state index contributed by atoms with van der Waals surface area (Å²) >= 11 is 0. The molecule has 1 aliphatic rings. The third kappa shape index (κ3) is 2.80. The summed E-state index contributed by atoms with van der Waals surface area (Å²) in [5.41, 5.74) is 2.69. The molecule has 0 fully saturated rings. The lowest BCUT2D eigenvalue weighted by Crippen LogP contribution is -2.35. The molecule has 0 aliphatic carbocycles. The smallest absolute Gasteiger partial charge is 0.336 e. The van der Waals surface area contributed by atoms with Gasteiger partial charge in [-0.2, -0.15) is 0 Å². The van der Waals surface area contributed by atoms with Crippen molar-refractivity contribution in [1.82, 2.24) is 4.98 Å². The highest BCUT2D eigenvalue weighted by atomic mass is 16.5. The number of nitrogens with zero attached hydrogens (tertiary/aromatic N) is 2. The van der Waals surface area contributed by atoms with Gasteiger partial charge >= 0.3 is 11.9 Å². The van der Waals surface area contributed by atoms with Gasteiger partial charge in [0.2, 0.25) is 0 Å². The number of methoxy groups -OCH3 is 1. The summed E-state index contributed by atoms with van der Waals surface area (Å²) in [6.07, 6.45) is 1.63. The molecule has 128 valence electrons. The van der Waals surface area contributed by atoms with Gasteiger partial charge in [-0.1, -0.05) is 18.2 Å². The van der Waals surface area contributed by atoms with Crippen LogP contribution >= 0.6 is 0 Å². The molecule has 1 aromatic carbocycles. The Labute approximate surface area is 144 Å². The Morgan fingerprint density at radius 2 is 1.88 bits per heavy atom. The van der Waals surface area contributed by atoms with E-state index in [1.807, 2.05) is 24.3 Å². The van der Waals surface area contributed by atoms with E-state index in [2.05, 4.69) is 9.98 Å². The molecule has 1 N–H and O–H groups in total. The van der Waals surface area contributed by atoms with Crippen molar-refractivity contribution in [3.05, 3.63) is 53.4 Å². The molecule has 6 nitrogen and oxygen atoms in total. The zero-order valence-corrected chi connectivity index (χ0v) is 14.2. The van der Waals surface area contributed by atoms with Gasteiger partial charge in [0.15, 0.2) is 0 Å². The zero-order valence-electron chi connectivity index (χ0n) is 14.2. The van der Waals surface area contributed by atoms with Gasteiger partial charge in [-0.3, -0.25) is 14.8 Å². The third-order valence-electron chi connectivity index (χ3n) is 4.52. The molecule has 6 heteroatoms. The number of carbonyl (C=O) groups is 2. The van der Waals surface area contributed by atoms with Crippen LogP contribution in [0, 0.1) is 5.92 Å². The number of hydrogen-bond donors (Lipinski definition) is 1. The number of pyridine rings is 1. The van der Waals surface area contributed by atoms with Crippen LogP contribution in [0.15, 0.2) is 52.8 Å². The fraction of sp³-hybridized carbons (Fsp3) is 0.263. The SMILES string of the molecule is COC(=O)C1=C(C)N=C(C)C(C(=O)O)C1c1ccnc2ccccc12. The molecule has 0 amide bonds. The van der Waals surface area contributed by atoms with Gasteiger partial charge in [0, 0.05) is 28.9 Å². The average molecular weight is 338 g/mol. The van der Waals surface area contributed by atoms with Crippen LogP contribution in [0.1, 0.15) is 25.3 Å². The number of rotatable bonds is 3. The quantitative estimate of drug-likeness (QED) is 0.869. The number of carboxylic acid groups (broad SMARTS) is 1. The van der Waals surface area contributed by atoms with Gasteiger partial charge in [-0.25, -0.2) is 4.79 Å². The summed E-state index contributed by atoms with van der Waals surface area (Å²) in [5, 5.41) is 10.6. The number of carboxylic acids is 1. The van der Waals surface area contributed by atoms with Crippen LogP contribution in [0.5, 0.6) is 0 Å². The minimum Gasteiger partial charge on any atom is -0.481 e. The third-order valence-corrected chi connectivity index (χ3v) is 4.52. The van der Waals surface area contributed by atoms with E-state index < -0.39 is 23.8 Å². The van der Waals surface area contributed by atoms with Gasteiger partial charge in [-0.05, 0) is 31.5 Å². The topological polar surface area (TPSA) is 88.8 Å². The van der Waals surface area contributed by atoms with Crippen molar-refractivity contribution in [1.29, 1.82) is 0 Å². The van der Waals surface area contributed by atoms with E-state index in [1.54, 1.807) is 26.1 Å². The molecule has 2 aromatic rings. The highest BCUT2D eigenvalue weighted by Gasteiger charge is 2.42. The van der Waals surface area contributed by atoms with E-state index >= 15 is 0 Å². The van der Waals surface area contributed by atoms with Crippen LogP contribution in [0.3, 0.4) is 0 Å². The summed E-state index contributed by atoms with van der Waals surface area (Å²) in [6, 6.07) is 9.22. The molecule has 2 heterocycles. The Hall–Kier alpha value is -3.02. The molecule has 0 radical (unpaired) electrons. The predicted octanol–water partition coefficient (Wildman–Crippen LogP) is 2.94. The molecule has 2 unspecified atom stereocenters. The van der Waals surface area contributed by atoms with Crippen molar-refractivity contribution in [2.75, 3.05) is 7.11 Å². The maximum Gasteiger partial charge on any atom is 0.336 e. The lowest BCUT2D eigenvalue weighted by Gasteiger charge is -2.30. The zero-order chi connectivity index (χ0) is 18.1. The molecular weight excluding hydrogens is 320 g/mol. The summed E-state index contributed by atoms with van der Waals surface area (Å²) in [6.45, 7) is 3.37. The Morgan fingerprint density at radius 3 is 2.56 bits per heavy atom. The van der Waals surface area contributed by atoms with Crippen LogP contribution < -0.4 is 0 Å². The largest absolute Gasteiger partial charge is 0.481 e. The molecule has 0 bridgehead atoms. The number of aliphatic carboxylic acids is 1. The lowest BCUT2D eigenvalue weighted by atomic mass is 9.75. The summed E-state index contributed by atoms with van der Waals surface area (Å²) < 4.78 is 4.91. The first kappa shape index (κ1) is 16.8. The second-order valence-corrected chi connectivity index (χ2v) is 5.95. The van der Waals surface area contributed by atoms with Gasteiger partial charge in [0.05, 0.1) is 18.2 Å². The van der Waals surface area contributed by atoms with E-state index in [9.17, 15) is 14.7 Å². The van der Waals surface area contributed by atoms with E-state index in [0.717, 1.165) is 16.5 Å². The van der Waals surface area contributed by atoms with Crippen LogP contribution in [0.2, 0.25) is 0 Å². The van der Waals surface area contributed by atoms with Gasteiger partial charge in [0.25, 0.3) is 0 Å². The molecule has 2 atom stereocenters. The first-order chi connectivity index (χ1) is 12.0. The van der Waals surface area contributed by atoms with Gasteiger partial charge in [0.1, 0.15) is 5.92 Å². The number of esters is 1. The normalized spacial score (nSPS) is 20.4. The number of hydrogen-bond acceptors (Lipinski definition) is 5. The number of fused-ring (bicyclic) bond motifs is 1. The summed E-state index contributed by atoms with van der Waals surface area (Å²) in [5.74, 6) is -3.22. The standard InChI is InChI=1S/C19H18N2O4/c1-10-15(18(22)23)17(16(11(2)21-10)19(24)25-3)13-8-9-20-14-7-5-4-6-12(13)14/h4-9,15,17H,1-3H3,(H,22,23). The second-order valence-electron chi connectivity index (χ2n) is 5.95. The predicted molar refractivity (Wildman–Crippen MR) is 93.4 cm³/mol. The van der Waals surface area contributed by atoms with Crippen LogP contribution in [0.4, 0.5) is 0 Å². The van der Waals surface area contributed by atoms with E-state index in [0.29, 0.717) is 11.4 Å². The first-order valence-electron chi connectivity index (χ1n) is 7.86. The molecule has 1 aromatic heterocycles. The van der Waals surface area contributed by atoms with Crippen molar-refractivity contribution < 1.29 is 19.4 Å². The molecular formula is C19H18N2O4. The van der Waals surface area contributed by atoms with Crippen LogP contribution in [-0.4, -0.2) is 34.9 Å². The van der Waals surface area contributed by atoms with Crippen LogP contribution in [-0.2, 0) is 14.3 Å². The maximum absolute atomic E-state index is 12.4. The highest BCUT2D eigenvalue weighted by molar-refractivity contribution is 6.07. The van der Waals surface area contributed by atoms with Crippen molar-refractivity contribution in [3.8, 4) is 0 Å². The van der Waals surface area contributed by atoms with Gasteiger partial charge in [-0.15, -0.1) is 0 Å². The molecule has 1 aliphatic heterocycles. The first-order valence-corrected chi connectivity index (χ1v) is 7.86. The number of aliphatic imine (C=N–C) groups is 1. The summed E-state index contributed by atoms with van der Waals surface area (Å²) in [4.78, 5) is 33.0. The number of aromatic nitrogens is 1.